The Morgan fingerprint density at radius 3 is 2.65 bits per heavy atom. The molecule has 0 aromatic heterocycles. The molecule has 0 saturated heterocycles. The van der Waals surface area contributed by atoms with Crippen molar-refractivity contribution in [1.82, 2.24) is 0 Å². The summed E-state index contributed by atoms with van der Waals surface area (Å²) in [7, 11) is 0. The molecule has 1 aromatic carbocycles. The van der Waals surface area contributed by atoms with Crippen molar-refractivity contribution in [2.75, 3.05) is 6.61 Å². The molecule has 17 heavy (non-hydrogen) atoms. The molecule has 0 bridgehead atoms. The minimum Gasteiger partial charge on any atom is -0.479 e. The lowest BCUT2D eigenvalue weighted by molar-refractivity contribution is -0.142. The fraction of sp³-hybridized carbons (Fsp3) is 0.273. The lowest BCUT2D eigenvalue weighted by atomic mass is 10.1. The van der Waals surface area contributed by atoms with Crippen LogP contribution in [-0.4, -0.2) is 23.4 Å². The molecule has 0 spiro atoms. The molecule has 92 valence electrons. The van der Waals surface area contributed by atoms with Crippen LogP contribution in [0, 0.1) is 18.6 Å². The van der Waals surface area contributed by atoms with E-state index in [4.69, 9.17) is 5.11 Å². The van der Waals surface area contributed by atoms with Crippen LogP contribution in [0.15, 0.2) is 17.3 Å². The van der Waals surface area contributed by atoms with E-state index in [0.717, 1.165) is 12.1 Å². The maximum absolute atomic E-state index is 13.4. The summed E-state index contributed by atoms with van der Waals surface area (Å²) in [5.74, 6) is -2.39. The number of carboxylic acid groups (broad SMARTS) is 1. The number of rotatable bonds is 4. The second-order valence-corrected chi connectivity index (χ2v) is 3.43. The molecule has 0 fully saturated rings. The van der Waals surface area contributed by atoms with Crippen LogP contribution in [0.25, 0.3) is 0 Å². The normalized spacial score (nSPS) is 11.4. The Morgan fingerprint density at radius 2 is 2.06 bits per heavy atom. The molecule has 0 heterocycles. The number of hydrogen-bond acceptors (Lipinski definition) is 3. The molecule has 0 radical (unpaired) electrons. The number of aryl methyl sites for hydroxylation is 1. The van der Waals surface area contributed by atoms with Crippen LogP contribution >= 0.6 is 0 Å². The van der Waals surface area contributed by atoms with Gasteiger partial charge in [-0.15, -0.1) is 0 Å². The number of oxime groups is 1. The Hall–Kier alpha value is -1.98. The second-order valence-electron chi connectivity index (χ2n) is 3.43. The zero-order chi connectivity index (χ0) is 13.0. The number of nitrogens with zero attached hydrogens (tertiary/aromatic N) is 1. The lowest BCUT2D eigenvalue weighted by Gasteiger charge is -2.04. The van der Waals surface area contributed by atoms with Crippen molar-refractivity contribution in [3.8, 4) is 0 Å². The van der Waals surface area contributed by atoms with Crippen LogP contribution in [0.2, 0.25) is 0 Å². The van der Waals surface area contributed by atoms with Gasteiger partial charge in [0, 0.05) is 5.56 Å². The Morgan fingerprint density at radius 1 is 1.41 bits per heavy atom. The molecule has 0 unspecified atom stereocenters. The van der Waals surface area contributed by atoms with E-state index in [1.807, 2.05) is 0 Å². The van der Waals surface area contributed by atoms with E-state index in [1.165, 1.54) is 13.8 Å². The molecule has 0 amide bonds. The number of carboxylic acids is 1. The van der Waals surface area contributed by atoms with Gasteiger partial charge >= 0.3 is 5.97 Å². The summed E-state index contributed by atoms with van der Waals surface area (Å²) in [6.07, 6.45) is 0. The molecule has 0 atom stereocenters. The van der Waals surface area contributed by atoms with Crippen molar-refractivity contribution in [3.05, 3.63) is 34.9 Å². The van der Waals surface area contributed by atoms with Crippen LogP contribution in [0.4, 0.5) is 8.78 Å². The summed E-state index contributed by atoms with van der Waals surface area (Å²) in [5.41, 5.74) is 0.201. The van der Waals surface area contributed by atoms with E-state index in [-0.39, 0.29) is 16.8 Å². The van der Waals surface area contributed by atoms with Crippen molar-refractivity contribution < 1.29 is 23.5 Å². The van der Waals surface area contributed by atoms with Gasteiger partial charge in [0.05, 0.1) is 5.71 Å². The molecule has 0 aliphatic heterocycles. The van der Waals surface area contributed by atoms with Crippen molar-refractivity contribution >= 4 is 11.7 Å². The van der Waals surface area contributed by atoms with Crippen molar-refractivity contribution in [2.45, 2.75) is 13.8 Å². The summed E-state index contributed by atoms with van der Waals surface area (Å²) in [5, 5.41) is 11.7. The Kier molecular flexibility index (Phi) is 4.14. The largest absolute Gasteiger partial charge is 0.479 e. The summed E-state index contributed by atoms with van der Waals surface area (Å²) < 4.78 is 26.7. The summed E-state index contributed by atoms with van der Waals surface area (Å²) in [6.45, 7) is 2.21. The van der Waals surface area contributed by atoms with Gasteiger partial charge < -0.3 is 9.94 Å². The standard InChI is InChI=1S/C11H11F2NO3/c1-6-3-10(13)8(4-9(6)12)7(2)14-17-5-11(15)16/h3-4H,5H2,1-2H3,(H,15,16). The van der Waals surface area contributed by atoms with Gasteiger partial charge in [-0.2, -0.15) is 0 Å². The maximum Gasteiger partial charge on any atom is 0.344 e. The zero-order valence-corrected chi connectivity index (χ0v) is 9.33. The van der Waals surface area contributed by atoms with Crippen LogP contribution in [0.1, 0.15) is 18.1 Å². The highest BCUT2D eigenvalue weighted by Gasteiger charge is 2.10. The summed E-state index contributed by atoms with van der Waals surface area (Å²) in [4.78, 5) is 14.6. The maximum atomic E-state index is 13.4. The molecule has 1 rings (SSSR count). The highest BCUT2D eigenvalue weighted by Crippen LogP contribution is 2.15. The second kappa shape index (κ2) is 5.38. The SMILES string of the molecule is CC(=NOCC(=O)O)c1cc(F)c(C)cc1F. The van der Waals surface area contributed by atoms with E-state index in [0.29, 0.717) is 0 Å². The van der Waals surface area contributed by atoms with E-state index >= 15 is 0 Å². The monoisotopic (exact) mass is 243 g/mol. The first-order chi connectivity index (χ1) is 7.91. The quantitative estimate of drug-likeness (QED) is 0.650. The Labute approximate surface area is 96.5 Å². The van der Waals surface area contributed by atoms with Gasteiger partial charge in [0.2, 0.25) is 6.61 Å². The van der Waals surface area contributed by atoms with Crippen molar-refractivity contribution in [2.24, 2.45) is 5.16 Å². The van der Waals surface area contributed by atoms with E-state index in [1.54, 1.807) is 0 Å². The van der Waals surface area contributed by atoms with Gasteiger partial charge in [-0.05, 0) is 31.5 Å². The van der Waals surface area contributed by atoms with Crippen molar-refractivity contribution in [3.63, 3.8) is 0 Å². The topological polar surface area (TPSA) is 58.9 Å². The predicted octanol–water partition coefficient (Wildman–Crippen LogP) is 2.10. The van der Waals surface area contributed by atoms with E-state index < -0.39 is 24.2 Å². The third-order valence-electron chi connectivity index (χ3n) is 2.03. The van der Waals surface area contributed by atoms with Gasteiger partial charge in [0.15, 0.2) is 0 Å². The Bertz CT molecular complexity index is 472. The predicted molar refractivity (Wildman–Crippen MR) is 56.9 cm³/mol. The summed E-state index contributed by atoms with van der Waals surface area (Å²) in [6, 6.07) is 2.04. The van der Waals surface area contributed by atoms with Gasteiger partial charge in [0.1, 0.15) is 11.6 Å². The number of hydrogen-bond donors (Lipinski definition) is 1. The average molecular weight is 243 g/mol. The average Bonchev–Trinajstić information content (AvgIpc) is 2.22. The number of aliphatic carboxylic acids is 1. The van der Waals surface area contributed by atoms with E-state index in [2.05, 4.69) is 9.99 Å². The first kappa shape index (κ1) is 13.1. The summed E-state index contributed by atoms with van der Waals surface area (Å²) >= 11 is 0. The highest BCUT2D eigenvalue weighted by molar-refractivity contribution is 5.98. The number of benzene rings is 1. The van der Waals surface area contributed by atoms with Crippen LogP contribution in [0.3, 0.4) is 0 Å². The van der Waals surface area contributed by atoms with Crippen LogP contribution in [-0.2, 0) is 9.63 Å². The van der Waals surface area contributed by atoms with E-state index in [9.17, 15) is 13.6 Å². The third-order valence-corrected chi connectivity index (χ3v) is 2.03. The number of halogens is 2. The molecule has 6 heteroatoms. The molecule has 1 N–H and O–H groups in total. The molecular weight excluding hydrogens is 232 g/mol. The zero-order valence-electron chi connectivity index (χ0n) is 9.33. The van der Waals surface area contributed by atoms with Crippen molar-refractivity contribution in [1.29, 1.82) is 0 Å². The van der Waals surface area contributed by atoms with Crippen LogP contribution in [0.5, 0.6) is 0 Å². The fourth-order valence-corrected chi connectivity index (χ4v) is 1.16. The molecule has 4 nitrogen and oxygen atoms in total. The molecule has 0 aliphatic rings. The Balaban J connectivity index is 2.92. The van der Waals surface area contributed by atoms with Crippen LogP contribution < -0.4 is 0 Å². The van der Waals surface area contributed by atoms with Gasteiger partial charge in [-0.1, -0.05) is 5.16 Å². The molecule has 0 saturated carbocycles. The fourth-order valence-electron chi connectivity index (χ4n) is 1.16. The van der Waals surface area contributed by atoms with Gasteiger partial charge in [0.25, 0.3) is 0 Å². The lowest BCUT2D eigenvalue weighted by Crippen LogP contribution is -2.07. The van der Waals surface area contributed by atoms with Gasteiger partial charge in [-0.3, -0.25) is 0 Å². The van der Waals surface area contributed by atoms with Gasteiger partial charge in [-0.25, -0.2) is 13.6 Å². The first-order valence-corrected chi connectivity index (χ1v) is 4.76. The molecular formula is C11H11F2NO3. The minimum absolute atomic E-state index is 0.0570. The third kappa shape index (κ3) is 3.51. The molecule has 1 aromatic rings. The number of carbonyl (C=O) groups is 1. The highest BCUT2D eigenvalue weighted by atomic mass is 19.1. The first-order valence-electron chi connectivity index (χ1n) is 4.76. The molecule has 0 aliphatic carbocycles. The minimum atomic E-state index is -1.20. The smallest absolute Gasteiger partial charge is 0.344 e.